The Morgan fingerprint density at radius 2 is 1.27 bits per heavy atom. The number of allylic oxidation sites excluding steroid dienone is 7. The molecule has 254 valence electrons. The van der Waals surface area contributed by atoms with Gasteiger partial charge in [-0.15, -0.1) is 0 Å². The molecule has 6 nitrogen and oxygen atoms in total. The van der Waals surface area contributed by atoms with Crippen molar-refractivity contribution in [2.75, 3.05) is 13.2 Å². The lowest BCUT2D eigenvalue weighted by Crippen LogP contribution is -2.28. The average Bonchev–Trinajstić information content (AvgIpc) is 3.00. The molecule has 0 bridgehead atoms. The van der Waals surface area contributed by atoms with Gasteiger partial charge in [0.1, 0.15) is 6.61 Å². The molecule has 2 N–H and O–H groups in total. The van der Waals surface area contributed by atoms with Crippen molar-refractivity contribution in [2.24, 2.45) is 5.92 Å². The van der Waals surface area contributed by atoms with Crippen molar-refractivity contribution in [3.8, 4) is 0 Å². The molecule has 0 aliphatic rings. The van der Waals surface area contributed by atoms with Crippen LogP contribution >= 0.6 is 0 Å². The van der Waals surface area contributed by atoms with Gasteiger partial charge in [0.25, 0.3) is 0 Å². The first kappa shape index (κ1) is 41.8. The number of ether oxygens (including phenoxy) is 2. The molecule has 0 radical (unpaired) electrons. The minimum atomic E-state index is -0.804. The molecule has 0 aliphatic carbocycles. The number of esters is 2. The van der Waals surface area contributed by atoms with Crippen molar-refractivity contribution in [2.45, 2.75) is 161 Å². The van der Waals surface area contributed by atoms with Crippen LogP contribution in [0.5, 0.6) is 0 Å². The lowest BCUT2D eigenvalue weighted by molar-refractivity contribution is -0.161. The summed E-state index contributed by atoms with van der Waals surface area (Å²) < 4.78 is 10.5. The van der Waals surface area contributed by atoms with Crippen LogP contribution in [0.4, 0.5) is 0 Å². The van der Waals surface area contributed by atoms with Gasteiger partial charge in [0, 0.05) is 12.8 Å². The number of aliphatic hydroxyl groups is 2. The number of hydrogen-bond acceptors (Lipinski definition) is 6. The van der Waals surface area contributed by atoms with Crippen molar-refractivity contribution >= 4 is 11.9 Å². The van der Waals surface area contributed by atoms with E-state index in [4.69, 9.17) is 9.47 Å². The normalized spacial score (nSPS) is 13.6. The van der Waals surface area contributed by atoms with Crippen LogP contribution in [0.25, 0.3) is 0 Å². The molecule has 0 aliphatic heterocycles. The first-order valence-electron chi connectivity index (χ1n) is 17.7. The van der Waals surface area contributed by atoms with E-state index < -0.39 is 6.10 Å². The Kier molecular flexibility index (Phi) is 30.6. The topological polar surface area (TPSA) is 93.1 Å². The molecule has 0 fully saturated rings. The van der Waals surface area contributed by atoms with E-state index in [-0.39, 0.29) is 37.7 Å². The highest BCUT2D eigenvalue weighted by atomic mass is 16.6. The predicted octanol–water partition coefficient (Wildman–Crippen LogP) is 9.50. The number of aliphatic hydroxyl groups excluding tert-OH is 2. The van der Waals surface area contributed by atoms with Gasteiger partial charge in [-0.25, -0.2) is 0 Å². The Bertz CT molecular complexity index is 782. The molecule has 0 saturated carbocycles. The molecule has 0 aromatic carbocycles. The predicted molar refractivity (Wildman–Crippen MR) is 183 cm³/mol. The molecule has 2 atom stereocenters. The maximum Gasteiger partial charge on any atom is 0.306 e. The first-order valence-corrected chi connectivity index (χ1v) is 17.7. The number of unbranched alkanes of at least 4 members (excludes halogenated alkanes) is 11. The standard InChI is InChI=1S/C38H66O6/c1-4-5-22-28-35(40)29-24-19-15-11-7-6-8-12-16-20-25-30-37(41)43-33-36(32-39)44-38(42)31-26-21-17-13-9-10-14-18-23-27-34(2)3/h6-7,12,15-16,19,24,29,34-36,39-40H,4-5,8-11,13-14,17-18,20-23,25-28,30-33H2,1-3H3/b7-6-,16-12-,19-15-,29-24+/t35-,36+/m1/s1. The highest BCUT2D eigenvalue weighted by Gasteiger charge is 2.16. The molecule has 0 aromatic rings. The van der Waals surface area contributed by atoms with Crippen molar-refractivity contribution in [1.82, 2.24) is 0 Å². The van der Waals surface area contributed by atoms with Crippen LogP contribution in [0, 0.1) is 5.92 Å². The van der Waals surface area contributed by atoms with E-state index in [9.17, 15) is 19.8 Å². The van der Waals surface area contributed by atoms with Crippen LogP contribution in [0.15, 0.2) is 48.6 Å². The van der Waals surface area contributed by atoms with Gasteiger partial charge >= 0.3 is 11.9 Å². The van der Waals surface area contributed by atoms with Crippen LogP contribution in [0.3, 0.4) is 0 Å². The number of rotatable bonds is 30. The minimum absolute atomic E-state index is 0.108. The van der Waals surface area contributed by atoms with Crippen LogP contribution in [-0.4, -0.2) is 47.6 Å². The van der Waals surface area contributed by atoms with Crippen molar-refractivity contribution in [1.29, 1.82) is 0 Å². The maximum atomic E-state index is 12.1. The lowest BCUT2D eigenvalue weighted by atomic mass is 10.0. The molecule has 0 heterocycles. The Hall–Kier alpha value is -2.18. The highest BCUT2D eigenvalue weighted by Crippen LogP contribution is 2.14. The number of carbonyl (C=O) groups excluding carboxylic acids is 2. The van der Waals surface area contributed by atoms with Crippen molar-refractivity contribution in [3.63, 3.8) is 0 Å². The fraction of sp³-hybridized carbons (Fsp3) is 0.737. The van der Waals surface area contributed by atoms with Gasteiger partial charge in [-0.05, 0) is 44.4 Å². The fourth-order valence-corrected chi connectivity index (χ4v) is 4.66. The molecule has 0 aromatic heterocycles. The van der Waals surface area contributed by atoms with Gasteiger partial charge in [0.2, 0.25) is 0 Å². The Labute approximate surface area is 270 Å². The van der Waals surface area contributed by atoms with Gasteiger partial charge in [0.05, 0.1) is 12.7 Å². The van der Waals surface area contributed by atoms with Gasteiger partial charge in [0.15, 0.2) is 6.10 Å². The zero-order valence-corrected chi connectivity index (χ0v) is 28.4. The molecule has 0 rings (SSSR count). The molecule has 44 heavy (non-hydrogen) atoms. The van der Waals surface area contributed by atoms with Crippen LogP contribution in [0.1, 0.15) is 149 Å². The van der Waals surface area contributed by atoms with E-state index in [0.29, 0.717) is 12.8 Å². The van der Waals surface area contributed by atoms with E-state index in [1.165, 1.54) is 51.4 Å². The number of carbonyl (C=O) groups is 2. The smallest absolute Gasteiger partial charge is 0.306 e. The molecule has 6 heteroatoms. The van der Waals surface area contributed by atoms with E-state index >= 15 is 0 Å². The second-order valence-corrected chi connectivity index (χ2v) is 12.3. The molecule has 0 amide bonds. The van der Waals surface area contributed by atoms with Gasteiger partial charge in [-0.1, -0.05) is 146 Å². The average molecular weight is 619 g/mol. The minimum Gasteiger partial charge on any atom is -0.462 e. The third kappa shape index (κ3) is 31.3. The van der Waals surface area contributed by atoms with E-state index in [2.05, 4.69) is 51.2 Å². The molecular formula is C38H66O6. The third-order valence-electron chi connectivity index (χ3n) is 7.41. The van der Waals surface area contributed by atoms with Crippen molar-refractivity contribution < 1.29 is 29.3 Å². The van der Waals surface area contributed by atoms with Gasteiger partial charge in [-0.3, -0.25) is 9.59 Å². The molecule has 0 spiro atoms. The maximum absolute atomic E-state index is 12.1. The summed E-state index contributed by atoms with van der Waals surface area (Å²) in [5.41, 5.74) is 0. The summed E-state index contributed by atoms with van der Waals surface area (Å²) in [6.07, 6.45) is 35.0. The Morgan fingerprint density at radius 3 is 1.93 bits per heavy atom. The molecule has 0 saturated heterocycles. The SMILES string of the molecule is CCCCC[C@@H](O)/C=C/C=C\C/C=C\C/C=C\CCCC(=O)OC[C@H](CO)OC(=O)CCCCCCCCCCCC(C)C. The summed E-state index contributed by atoms with van der Waals surface area (Å²) in [6.45, 7) is 6.25. The fourth-order valence-electron chi connectivity index (χ4n) is 4.66. The van der Waals surface area contributed by atoms with Gasteiger partial charge < -0.3 is 19.7 Å². The van der Waals surface area contributed by atoms with E-state index in [1.54, 1.807) is 0 Å². The zero-order valence-electron chi connectivity index (χ0n) is 28.4. The summed E-state index contributed by atoms with van der Waals surface area (Å²) in [4.78, 5) is 24.1. The van der Waals surface area contributed by atoms with E-state index in [0.717, 1.165) is 63.7 Å². The summed E-state index contributed by atoms with van der Waals surface area (Å²) in [5.74, 6) is 0.120. The number of hydrogen-bond donors (Lipinski definition) is 2. The molecular weight excluding hydrogens is 552 g/mol. The van der Waals surface area contributed by atoms with Crippen molar-refractivity contribution in [3.05, 3.63) is 48.6 Å². The van der Waals surface area contributed by atoms with Crippen LogP contribution in [-0.2, 0) is 19.1 Å². The largest absolute Gasteiger partial charge is 0.462 e. The quantitative estimate of drug-likeness (QED) is 0.0360. The Balaban J connectivity index is 3.76. The third-order valence-corrected chi connectivity index (χ3v) is 7.41. The summed E-state index contributed by atoms with van der Waals surface area (Å²) in [6, 6.07) is 0. The monoisotopic (exact) mass is 618 g/mol. The summed E-state index contributed by atoms with van der Waals surface area (Å²) in [7, 11) is 0. The Morgan fingerprint density at radius 1 is 0.682 bits per heavy atom. The van der Waals surface area contributed by atoms with Gasteiger partial charge in [-0.2, -0.15) is 0 Å². The zero-order chi connectivity index (χ0) is 32.5. The summed E-state index contributed by atoms with van der Waals surface area (Å²) in [5, 5.41) is 19.3. The lowest BCUT2D eigenvalue weighted by Gasteiger charge is -2.15. The summed E-state index contributed by atoms with van der Waals surface area (Å²) >= 11 is 0. The van der Waals surface area contributed by atoms with Crippen LogP contribution < -0.4 is 0 Å². The second kappa shape index (κ2) is 32.2. The first-order chi connectivity index (χ1) is 21.4. The molecule has 0 unspecified atom stereocenters. The highest BCUT2D eigenvalue weighted by molar-refractivity contribution is 5.70. The van der Waals surface area contributed by atoms with Crippen LogP contribution in [0.2, 0.25) is 0 Å². The second-order valence-electron chi connectivity index (χ2n) is 12.3. The van der Waals surface area contributed by atoms with E-state index in [1.807, 2.05) is 18.2 Å².